The second kappa shape index (κ2) is 7.08. The molecular formula is C20H25NO2S. The summed E-state index contributed by atoms with van der Waals surface area (Å²) in [6, 6.07) is 15.5. The standard InChI is InChI=1S/C20H25NO2S/c1-16-9-8-11-18(15-16)19-12-4-3-7-14-21(19)24(22,23)20-13-6-5-10-17(20)2/h5-6,8-11,13,15,19H,3-4,7,12,14H2,1-2H3/t19-/m0/s1. The number of benzene rings is 2. The lowest BCUT2D eigenvalue weighted by Crippen LogP contribution is -2.35. The molecule has 0 radical (unpaired) electrons. The Bertz CT molecular complexity index is 814. The van der Waals surface area contributed by atoms with Crippen molar-refractivity contribution in [1.29, 1.82) is 0 Å². The fourth-order valence-electron chi connectivity index (χ4n) is 3.55. The van der Waals surface area contributed by atoms with Crippen molar-refractivity contribution in [3.05, 3.63) is 65.2 Å². The molecule has 3 nitrogen and oxygen atoms in total. The maximum Gasteiger partial charge on any atom is 0.243 e. The highest BCUT2D eigenvalue weighted by molar-refractivity contribution is 7.89. The minimum absolute atomic E-state index is 0.0722. The molecule has 24 heavy (non-hydrogen) atoms. The van der Waals surface area contributed by atoms with Crippen molar-refractivity contribution in [2.45, 2.75) is 50.5 Å². The molecule has 128 valence electrons. The minimum atomic E-state index is -3.49. The maximum absolute atomic E-state index is 13.4. The highest BCUT2D eigenvalue weighted by Crippen LogP contribution is 2.35. The average molecular weight is 343 g/mol. The van der Waals surface area contributed by atoms with Gasteiger partial charge in [-0.1, -0.05) is 60.9 Å². The van der Waals surface area contributed by atoms with Crippen LogP contribution in [0, 0.1) is 13.8 Å². The summed E-state index contributed by atoms with van der Waals surface area (Å²) in [7, 11) is -3.49. The summed E-state index contributed by atoms with van der Waals surface area (Å²) in [5.41, 5.74) is 3.09. The quantitative estimate of drug-likeness (QED) is 0.816. The van der Waals surface area contributed by atoms with Gasteiger partial charge in [-0.05, 0) is 43.9 Å². The van der Waals surface area contributed by atoms with E-state index in [-0.39, 0.29) is 6.04 Å². The van der Waals surface area contributed by atoms with Crippen molar-refractivity contribution in [2.24, 2.45) is 0 Å². The molecule has 4 heteroatoms. The lowest BCUT2D eigenvalue weighted by molar-refractivity contribution is 0.328. The van der Waals surface area contributed by atoms with E-state index in [9.17, 15) is 8.42 Å². The molecule has 2 aromatic rings. The van der Waals surface area contributed by atoms with Crippen LogP contribution in [0.3, 0.4) is 0 Å². The van der Waals surface area contributed by atoms with Gasteiger partial charge in [0.2, 0.25) is 10.0 Å². The summed E-state index contributed by atoms with van der Waals surface area (Å²) >= 11 is 0. The molecule has 3 rings (SSSR count). The number of hydrogen-bond acceptors (Lipinski definition) is 2. The molecule has 0 spiro atoms. The molecule has 0 aromatic heterocycles. The Morgan fingerprint density at radius 2 is 1.75 bits per heavy atom. The first-order valence-electron chi connectivity index (χ1n) is 8.64. The van der Waals surface area contributed by atoms with Crippen LogP contribution in [-0.4, -0.2) is 19.3 Å². The zero-order valence-corrected chi connectivity index (χ0v) is 15.2. The van der Waals surface area contributed by atoms with E-state index in [1.165, 1.54) is 5.56 Å². The van der Waals surface area contributed by atoms with Crippen molar-refractivity contribution in [1.82, 2.24) is 4.31 Å². The lowest BCUT2D eigenvalue weighted by atomic mass is 10.0. The molecule has 1 aliphatic heterocycles. The highest BCUT2D eigenvalue weighted by atomic mass is 32.2. The van der Waals surface area contributed by atoms with Gasteiger partial charge in [0, 0.05) is 6.54 Å². The average Bonchev–Trinajstić information content (AvgIpc) is 2.81. The molecule has 1 aliphatic rings. The number of nitrogens with zero attached hydrogens (tertiary/aromatic N) is 1. The summed E-state index contributed by atoms with van der Waals surface area (Å²) < 4.78 is 28.4. The van der Waals surface area contributed by atoms with E-state index in [2.05, 4.69) is 25.1 Å². The van der Waals surface area contributed by atoms with E-state index in [0.717, 1.165) is 36.8 Å². The molecule has 0 aliphatic carbocycles. The van der Waals surface area contributed by atoms with Gasteiger partial charge in [-0.15, -0.1) is 0 Å². The third-order valence-corrected chi connectivity index (χ3v) is 6.88. The summed E-state index contributed by atoms with van der Waals surface area (Å²) in [6.07, 6.45) is 3.96. The second-order valence-corrected chi connectivity index (χ2v) is 8.52. The van der Waals surface area contributed by atoms with Crippen LogP contribution in [-0.2, 0) is 10.0 Å². The van der Waals surface area contributed by atoms with Gasteiger partial charge in [0.1, 0.15) is 0 Å². The molecular weight excluding hydrogens is 318 g/mol. The Balaban J connectivity index is 2.06. The van der Waals surface area contributed by atoms with E-state index in [1.807, 2.05) is 25.1 Å². The molecule has 2 aromatic carbocycles. The summed E-state index contributed by atoms with van der Waals surface area (Å²) in [4.78, 5) is 0.435. The van der Waals surface area contributed by atoms with E-state index < -0.39 is 10.0 Å². The smallest absolute Gasteiger partial charge is 0.207 e. The van der Waals surface area contributed by atoms with Gasteiger partial charge in [0.05, 0.1) is 10.9 Å². The van der Waals surface area contributed by atoms with Crippen molar-refractivity contribution in [2.75, 3.05) is 6.54 Å². The Kier molecular flexibility index (Phi) is 5.07. The molecule has 1 atom stereocenters. The monoisotopic (exact) mass is 343 g/mol. The Morgan fingerprint density at radius 3 is 2.50 bits per heavy atom. The van der Waals surface area contributed by atoms with E-state index >= 15 is 0 Å². The lowest BCUT2D eigenvalue weighted by Gasteiger charge is -2.30. The molecule has 0 N–H and O–H groups in total. The molecule has 1 fully saturated rings. The third kappa shape index (κ3) is 3.40. The van der Waals surface area contributed by atoms with Gasteiger partial charge in [-0.3, -0.25) is 0 Å². The molecule has 1 heterocycles. The van der Waals surface area contributed by atoms with Crippen LogP contribution in [0.4, 0.5) is 0 Å². The predicted molar refractivity (Wildman–Crippen MR) is 97.5 cm³/mol. The summed E-state index contributed by atoms with van der Waals surface area (Å²) in [5.74, 6) is 0. The number of hydrogen-bond donors (Lipinski definition) is 0. The van der Waals surface area contributed by atoms with Crippen LogP contribution in [0.5, 0.6) is 0 Å². The summed E-state index contributed by atoms with van der Waals surface area (Å²) in [5, 5.41) is 0. The van der Waals surface area contributed by atoms with Crippen LogP contribution in [0.2, 0.25) is 0 Å². The number of aryl methyl sites for hydroxylation is 2. The predicted octanol–water partition coefficient (Wildman–Crippen LogP) is 4.61. The Hall–Kier alpha value is -1.65. The Labute approximate surface area is 145 Å². The summed E-state index contributed by atoms with van der Waals surface area (Å²) in [6.45, 7) is 4.52. The highest BCUT2D eigenvalue weighted by Gasteiger charge is 2.34. The van der Waals surface area contributed by atoms with E-state index in [4.69, 9.17) is 0 Å². The van der Waals surface area contributed by atoms with Crippen molar-refractivity contribution >= 4 is 10.0 Å². The topological polar surface area (TPSA) is 37.4 Å². The van der Waals surface area contributed by atoms with Crippen molar-refractivity contribution in [3.8, 4) is 0 Å². The first-order valence-corrected chi connectivity index (χ1v) is 10.1. The Morgan fingerprint density at radius 1 is 0.958 bits per heavy atom. The zero-order chi connectivity index (χ0) is 17.2. The van der Waals surface area contributed by atoms with Crippen LogP contribution >= 0.6 is 0 Å². The number of rotatable bonds is 3. The fourth-order valence-corrected chi connectivity index (χ4v) is 5.46. The van der Waals surface area contributed by atoms with E-state index in [0.29, 0.717) is 11.4 Å². The van der Waals surface area contributed by atoms with Crippen LogP contribution in [0.1, 0.15) is 48.4 Å². The van der Waals surface area contributed by atoms with Crippen LogP contribution in [0.15, 0.2) is 53.4 Å². The first kappa shape index (κ1) is 17.2. The third-order valence-electron chi connectivity index (χ3n) is 4.81. The SMILES string of the molecule is Cc1cccc([C@@H]2CCCCCN2S(=O)(=O)c2ccccc2C)c1. The van der Waals surface area contributed by atoms with Gasteiger partial charge in [-0.25, -0.2) is 8.42 Å². The molecule has 0 amide bonds. The fraction of sp³-hybridized carbons (Fsp3) is 0.400. The van der Waals surface area contributed by atoms with Gasteiger partial charge in [0.15, 0.2) is 0 Å². The van der Waals surface area contributed by atoms with Crippen molar-refractivity contribution < 1.29 is 8.42 Å². The first-order chi connectivity index (χ1) is 11.5. The normalized spacial score (nSPS) is 19.8. The van der Waals surface area contributed by atoms with Crippen molar-refractivity contribution in [3.63, 3.8) is 0 Å². The van der Waals surface area contributed by atoms with Gasteiger partial charge < -0.3 is 0 Å². The van der Waals surface area contributed by atoms with Gasteiger partial charge in [-0.2, -0.15) is 4.31 Å². The molecule has 0 bridgehead atoms. The van der Waals surface area contributed by atoms with Gasteiger partial charge in [0.25, 0.3) is 0 Å². The molecule has 0 unspecified atom stereocenters. The number of sulfonamides is 1. The van der Waals surface area contributed by atoms with E-state index in [1.54, 1.807) is 16.4 Å². The van der Waals surface area contributed by atoms with Crippen LogP contribution < -0.4 is 0 Å². The largest absolute Gasteiger partial charge is 0.243 e. The van der Waals surface area contributed by atoms with Gasteiger partial charge >= 0.3 is 0 Å². The van der Waals surface area contributed by atoms with Crippen LogP contribution in [0.25, 0.3) is 0 Å². The maximum atomic E-state index is 13.4. The molecule has 1 saturated heterocycles. The second-order valence-electron chi connectivity index (χ2n) is 6.66. The molecule has 0 saturated carbocycles. The zero-order valence-electron chi connectivity index (χ0n) is 14.4. The minimum Gasteiger partial charge on any atom is -0.207 e.